The van der Waals surface area contributed by atoms with Gasteiger partial charge in [0.15, 0.2) is 0 Å². The van der Waals surface area contributed by atoms with E-state index in [1.54, 1.807) is 17.9 Å². The topological polar surface area (TPSA) is 83.7 Å². The molecule has 1 aliphatic heterocycles. The zero-order chi connectivity index (χ0) is 14.9. The summed E-state index contributed by atoms with van der Waals surface area (Å²) in [6.45, 7) is 2.89. The van der Waals surface area contributed by atoms with E-state index in [1.807, 2.05) is 0 Å². The average molecular weight is 374 g/mol. The molecule has 10 heteroatoms. The van der Waals surface area contributed by atoms with Crippen molar-refractivity contribution in [1.29, 1.82) is 0 Å². The van der Waals surface area contributed by atoms with E-state index in [-0.39, 0.29) is 35.6 Å². The molecule has 0 saturated carbocycles. The molecule has 2 rings (SSSR count). The molecule has 6 nitrogen and oxygen atoms in total. The maximum absolute atomic E-state index is 12.4. The monoisotopic (exact) mass is 373 g/mol. The highest BCUT2D eigenvalue weighted by atomic mass is 35.5. The summed E-state index contributed by atoms with van der Waals surface area (Å²) in [4.78, 5) is 13.3. The Morgan fingerprint density at radius 1 is 1.33 bits per heavy atom. The van der Waals surface area contributed by atoms with Gasteiger partial charge in [0.05, 0.1) is 10.4 Å². The van der Waals surface area contributed by atoms with Crippen LogP contribution in [0.25, 0.3) is 0 Å². The molecule has 1 fully saturated rings. The van der Waals surface area contributed by atoms with Crippen LogP contribution in [0, 0.1) is 0 Å². The zero-order valence-corrected chi connectivity index (χ0v) is 14.6. The first kappa shape index (κ1) is 18.7. The van der Waals surface area contributed by atoms with Gasteiger partial charge < -0.3 is 10.6 Å². The van der Waals surface area contributed by atoms with E-state index in [0.717, 1.165) is 11.3 Å². The van der Waals surface area contributed by atoms with Crippen LogP contribution in [0.2, 0.25) is 4.34 Å². The second-order valence-corrected chi connectivity index (χ2v) is 8.46. The summed E-state index contributed by atoms with van der Waals surface area (Å²) in [6, 6.07) is 2.51. The standard InChI is InChI=1S/C11H16ClN3O3S2.ClH/c1-8(13)11(16)14-4-6-15(7-5-14)20(17,18)10-3-2-9(12)19-10;/h2-3,8H,4-7,13H2,1H3;1H/t8-;/m1./s1. The van der Waals surface area contributed by atoms with Gasteiger partial charge in [0, 0.05) is 26.2 Å². The minimum absolute atomic E-state index is 0. The molecule has 1 aromatic heterocycles. The number of sulfonamides is 1. The molecule has 0 spiro atoms. The van der Waals surface area contributed by atoms with Gasteiger partial charge in [-0.3, -0.25) is 4.79 Å². The number of thiophene rings is 1. The quantitative estimate of drug-likeness (QED) is 0.856. The third-order valence-electron chi connectivity index (χ3n) is 3.08. The fourth-order valence-electron chi connectivity index (χ4n) is 2.00. The normalized spacial score (nSPS) is 18.1. The van der Waals surface area contributed by atoms with E-state index in [4.69, 9.17) is 17.3 Å². The van der Waals surface area contributed by atoms with Crippen molar-refractivity contribution < 1.29 is 13.2 Å². The smallest absolute Gasteiger partial charge is 0.252 e. The highest BCUT2D eigenvalue weighted by Crippen LogP contribution is 2.28. The molecule has 2 N–H and O–H groups in total. The van der Waals surface area contributed by atoms with Crippen LogP contribution >= 0.6 is 35.3 Å². The van der Waals surface area contributed by atoms with Crippen LogP contribution in [0.3, 0.4) is 0 Å². The van der Waals surface area contributed by atoms with Gasteiger partial charge in [0.25, 0.3) is 10.0 Å². The molecule has 0 bridgehead atoms. The average Bonchev–Trinajstić information content (AvgIpc) is 2.85. The SMILES string of the molecule is C[C@@H](N)C(=O)N1CCN(S(=O)(=O)c2ccc(Cl)s2)CC1.Cl. The lowest BCUT2D eigenvalue weighted by Gasteiger charge is -2.34. The van der Waals surface area contributed by atoms with Crippen molar-refractivity contribution >= 4 is 51.3 Å². The van der Waals surface area contributed by atoms with Gasteiger partial charge >= 0.3 is 0 Å². The summed E-state index contributed by atoms with van der Waals surface area (Å²) in [5.74, 6) is -0.152. The van der Waals surface area contributed by atoms with Crippen molar-refractivity contribution in [2.45, 2.75) is 17.2 Å². The van der Waals surface area contributed by atoms with Crippen molar-refractivity contribution in [2.24, 2.45) is 5.73 Å². The fourth-order valence-corrected chi connectivity index (χ4v) is 5.06. The predicted octanol–water partition coefficient (Wildman–Crippen LogP) is 1.00. The highest BCUT2D eigenvalue weighted by Gasteiger charge is 2.31. The number of carbonyl (C=O) groups excluding carboxylic acids is 1. The molecule has 21 heavy (non-hydrogen) atoms. The molecule has 0 aliphatic carbocycles. The number of halogens is 2. The largest absolute Gasteiger partial charge is 0.339 e. The number of hydrogen-bond donors (Lipinski definition) is 1. The van der Waals surface area contributed by atoms with Crippen LogP contribution < -0.4 is 5.73 Å². The lowest BCUT2D eigenvalue weighted by Crippen LogP contribution is -2.53. The lowest BCUT2D eigenvalue weighted by atomic mass is 10.2. The maximum Gasteiger partial charge on any atom is 0.252 e. The molecule has 0 aromatic carbocycles. The number of piperazine rings is 1. The van der Waals surface area contributed by atoms with E-state index in [0.29, 0.717) is 17.4 Å². The Morgan fingerprint density at radius 3 is 2.33 bits per heavy atom. The van der Waals surface area contributed by atoms with Crippen LogP contribution in [-0.2, 0) is 14.8 Å². The van der Waals surface area contributed by atoms with Crippen molar-refractivity contribution in [3.8, 4) is 0 Å². The summed E-state index contributed by atoms with van der Waals surface area (Å²) < 4.78 is 26.8. The molecular weight excluding hydrogens is 357 g/mol. The van der Waals surface area contributed by atoms with Crippen molar-refractivity contribution in [1.82, 2.24) is 9.21 Å². The van der Waals surface area contributed by atoms with Crippen LogP contribution in [0.1, 0.15) is 6.92 Å². The van der Waals surface area contributed by atoms with Crippen LogP contribution in [-0.4, -0.2) is 55.8 Å². The molecule has 0 unspecified atom stereocenters. The second kappa shape index (κ2) is 7.26. The van der Waals surface area contributed by atoms with Crippen LogP contribution in [0.4, 0.5) is 0 Å². The maximum atomic E-state index is 12.4. The molecular formula is C11H17Cl2N3O3S2. The molecule has 1 saturated heterocycles. The summed E-state index contributed by atoms with van der Waals surface area (Å²) >= 11 is 6.81. The Labute approximate surface area is 139 Å². The van der Waals surface area contributed by atoms with Gasteiger partial charge in [-0.05, 0) is 19.1 Å². The Balaban J connectivity index is 0.00000220. The Hall–Kier alpha value is -0.380. The molecule has 1 aliphatic rings. The lowest BCUT2D eigenvalue weighted by molar-refractivity contribution is -0.133. The summed E-state index contributed by atoms with van der Waals surface area (Å²) in [5.41, 5.74) is 5.54. The van der Waals surface area contributed by atoms with Gasteiger partial charge in [0.1, 0.15) is 4.21 Å². The first-order chi connectivity index (χ1) is 9.32. The fraction of sp³-hybridized carbons (Fsp3) is 0.545. The van der Waals surface area contributed by atoms with E-state index in [2.05, 4.69) is 0 Å². The number of rotatable bonds is 3. The van der Waals surface area contributed by atoms with E-state index in [1.165, 1.54) is 10.4 Å². The Kier molecular flexibility index (Phi) is 6.45. The summed E-state index contributed by atoms with van der Waals surface area (Å²) in [7, 11) is -3.51. The van der Waals surface area contributed by atoms with E-state index < -0.39 is 16.1 Å². The highest BCUT2D eigenvalue weighted by molar-refractivity contribution is 7.91. The van der Waals surface area contributed by atoms with Gasteiger partial charge in [0.2, 0.25) is 5.91 Å². The summed E-state index contributed by atoms with van der Waals surface area (Å²) in [5, 5.41) is 0. The first-order valence-electron chi connectivity index (χ1n) is 6.12. The van der Waals surface area contributed by atoms with Gasteiger partial charge in [-0.1, -0.05) is 11.6 Å². The van der Waals surface area contributed by atoms with Gasteiger partial charge in [-0.15, -0.1) is 23.7 Å². The predicted molar refractivity (Wildman–Crippen MR) is 85.6 cm³/mol. The van der Waals surface area contributed by atoms with E-state index >= 15 is 0 Å². The number of nitrogens with zero attached hydrogens (tertiary/aromatic N) is 2. The minimum atomic E-state index is -3.51. The van der Waals surface area contributed by atoms with Crippen LogP contribution in [0.15, 0.2) is 16.3 Å². The number of amides is 1. The van der Waals surface area contributed by atoms with E-state index in [9.17, 15) is 13.2 Å². The third kappa shape index (κ3) is 4.08. The first-order valence-corrected chi connectivity index (χ1v) is 8.75. The molecule has 1 aromatic rings. The van der Waals surface area contributed by atoms with Crippen molar-refractivity contribution in [3.05, 3.63) is 16.5 Å². The summed E-state index contributed by atoms with van der Waals surface area (Å²) in [6.07, 6.45) is 0. The minimum Gasteiger partial charge on any atom is -0.339 e. The number of hydrogen-bond acceptors (Lipinski definition) is 5. The van der Waals surface area contributed by atoms with Crippen molar-refractivity contribution in [2.75, 3.05) is 26.2 Å². The molecule has 1 atom stereocenters. The molecule has 120 valence electrons. The van der Waals surface area contributed by atoms with Crippen molar-refractivity contribution in [3.63, 3.8) is 0 Å². The number of carbonyl (C=O) groups is 1. The third-order valence-corrected chi connectivity index (χ3v) is 6.68. The number of nitrogens with two attached hydrogens (primary N) is 1. The molecule has 0 radical (unpaired) electrons. The molecule has 2 heterocycles. The zero-order valence-electron chi connectivity index (χ0n) is 11.4. The Morgan fingerprint density at radius 2 is 1.90 bits per heavy atom. The van der Waals surface area contributed by atoms with Gasteiger partial charge in [-0.25, -0.2) is 8.42 Å². The second-order valence-electron chi connectivity index (χ2n) is 4.58. The molecule has 1 amide bonds. The van der Waals surface area contributed by atoms with Gasteiger partial charge in [-0.2, -0.15) is 4.31 Å². The Bertz CT molecular complexity index is 596. The van der Waals surface area contributed by atoms with Crippen LogP contribution in [0.5, 0.6) is 0 Å².